The number of unbranched alkanes of at least 4 members (excludes halogenated alkanes) is 1. The van der Waals surface area contributed by atoms with E-state index < -0.39 is 27.2 Å². The van der Waals surface area contributed by atoms with Gasteiger partial charge in [-0.2, -0.15) is 18.4 Å². The Labute approximate surface area is 218 Å². The van der Waals surface area contributed by atoms with Crippen molar-refractivity contribution in [2.75, 3.05) is 0 Å². The molecule has 0 amide bonds. The van der Waals surface area contributed by atoms with E-state index in [9.17, 15) is 21.6 Å². The van der Waals surface area contributed by atoms with E-state index in [1.165, 1.54) is 0 Å². The predicted octanol–water partition coefficient (Wildman–Crippen LogP) is 8.07. The van der Waals surface area contributed by atoms with Crippen LogP contribution in [0.2, 0.25) is 0 Å². The summed E-state index contributed by atoms with van der Waals surface area (Å²) in [6.07, 6.45) is -2.30. The molecule has 1 aliphatic rings. The van der Waals surface area contributed by atoms with Crippen LogP contribution in [0.3, 0.4) is 0 Å². The Morgan fingerprint density at radius 2 is 1.65 bits per heavy atom. The molecule has 0 saturated carbocycles. The molecule has 0 saturated heterocycles. The van der Waals surface area contributed by atoms with Crippen LogP contribution < -0.4 is 0 Å². The SMILES string of the molecule is CC(C)(C)C1=Nc2cc(S(=O)(=O)C(C)(C)c3ccc(C#N)cc3)ccc2CCC1CCCCC(F)(F)F. The first kappa shape index (κ1) is 28.9. The van der Waals surface area contributed by atoms with Crippen LogP contribution in [0.15, 0.2) is 52.4 Å². The van der Waals surface area contributed by atoms with Gasteiger partial charge in [0.2, 0.25) is 0 Å². The molecule has 0 aromatic heterocycles. The lowest BCUT2D eigenvalue weighted by atomic mass is 9.78. The summed E-state index contributed by atoms with van der Waals surface area (Å²) in [5.74, 6) is 0.0378. The summed E-state index contributed by atoms with van der Waals surface area (Å²) >= 11 is 0. The lowest BCUT2D eigenvalue weighted by Crippen LogP contribution is -2.29. The first-order valence-electron chi connectivity index (χ1n) is 12.6. The van der Waals surface area contributed by atoms with Gasteiger partial charge in [-0.15, -0.1) is 0 Å². The van der Waals surface area contributed by atoms with Crippen molar-refractivity contribution in [2.24, 2.45) is 16.3 Å². The van der Waals surface area contributed by atoms with Gasteiger partial charge in [-0.3, -0.25) is 4.99 Å². The first-order chi connectivity index (χ1) is 17.1. The van der Waals surface area contributed by atoms with Crippen LogP contribution in [-0.2, 0) is 21.0 Å². The van der Waals surface area contributed by atoms with Crippen LogP contribution in [0.25, 0.3) is 0 Å². The van der Waals surface area contributed by atoms with Crippen molar-refractivity contribution >= 4 is 21.2 Å². The summed E-state index contributed by atoms with van der Waals surface area (Å²) in [6, 6.07) is 13.7. The van der Waals surface area contributed by atoms with Crippen LogP contribution in [0.1, 0.15) is 83.4 Å². The smallest absolute Gasteiger partial charge is 0.257 e. The minimum Gasteiger partial charge on any atom is -0.257 e. The molecule has 0 aliphatic carbocycles. The third-order valence-electron chi connectivity index (χ3n) is 7.17. The Kier molecular flexibility index (Phi) is 8.28. The van der Waals surface area contributed by atoms with Gasteiger partial charge in [0.15, 0.2) is 9.84 Å². The summed E-state index contributed by atoms with van der Waals surface area (Å²) in [7, 11) is -3.81. The number of hydrogen-bond acceptors (Lipinski definition) is 4. The fourth-order valence-corrected chi connectivity index (χ4v) is 6.44. The molecule has 1 heterocycles. The van der Waals surface area contributed by atoms with E-state index in [4.69, 9.17) is 10.3 Å². The van der Waals surface area contributed by atoms with E-state index in [2.05, 4.69) is 0 Å². The average molecular weight is 533 g/mol. The van der Waals surface area contributed by atoms with Crippen molar-refractivity contribution in [1.29, 1.82) is 5.26 Å². The highest BCUT2D eigenvalue weighted by Gasteiger charge is 2.38. The number of nitriles is 1. The van der Waals surface area contributed by atoms with Crippen LogP contribution in [-0.4, -0.2) is 20.3 Å². The van der Waals surface area contributed by atoms with Crippen LogP contribution in [0, 0.1) is 22.7 Å². The predicted molar refractivity (Wildman–Crippen MR) is 141 cm³/mol. The number of rotatable bonds is 7. The lowest BCUT2D eigenvalue weighted by Gasteiger charge is -2.28. The van der Waals surface area contributed by atoms with E-state index >= 15 is 0 Å². The zero-order chi connectivity index (χ0) is 27.6. The highest BCUT2D eigenvalue weighted by molar-refractivity contribution is 7.92. The van der Waals surface area contributed by atoms with Crippen molar-refractivity contribution in [3.8, 4) is 6.07 Å². The number of sulfone groups is 1. The molecular formula is C29H35F3N2O2S. The number of halogens is 3. The third kappa shape index (κ3) is 6.62. The summed E-state index contributed by atoms with van der Waals surface area (Å²) in [5.41, 5.74) is 3.18. The molecule has 2 aromatic rings. The molecule has 0 N–H and O–H groups in total. The first-order valence-corrected chi connectivity index (χ1v) is 14.1. The van der Waals surface area contributed by atoms with E-state index in [1.54, 1.807) is 50.2 Å². The van der Waals surface area contributed by atoms with Crippen LogP contribution >= 0.6 is 0 Å². The maximum atomic E-state index is 13.8. The molecule has 0 radical (unpaired) electrons. The lowest BCUT2D eigenvalue weighted by molar-refractivity contribution is -0.135. The Morgan fingerprint density at radius 3 is 2.22 bits per heavy atom. The maximum Gasteiger partial charge on any atom is 0.389 e. The molecule has 3 rings (SSSR count). The molecule has 4 nitrogen and oxygen atoms in total. The normalized spacial score (nSPS) is 16.9. The largest absolute Gasteiger partial charge is 0.389 e. The minimum atomic E-state index is -4.14. The van der Waals surface area contributed by atoms with E-state index in [0.717, 1.165) is 17.7 Å². The second-order valence-electron chi connectivity index (χ2n) is 11.3. The average Bonchev–Trinajstić information content (AvgIpc) is 3.00. The highest BCUT2D eigenvalue weighted by Crippen LogP contribution is 2.40. The summed E-state index contributed by atoms with van der Waals surface area (Å²) < 4.78 is 64.1. The number of aryl methyl sites for hydroxylation is 1. The zero-order valence-corrected chi connectivity index (χ0v) is 22.9. The second-order valence-corrected chi connectivity index (χ2v) is 13.8. The monoisotopic (exact) mass is 532 g/mol. The van der Waals surface area contributed by atoms with Crippen LogP contribution in [0.5, 0.6) is 0 Å². The van der Waals surface area contributed by atoms with Gasteiger partial charge < -0.3 is 0 Å². The Hall–Kier alpha value is -2.66. The molecule has 0 bridgehead atoms. The Morgan fingerprint density at radius 1 is 1.00 bits per heavy atom. The summed E-state index contributed by atoms with van der Waals surface area (Å²) in [6.45, 7) is 9.41. The zero-order valence-electron chi connectivity index (χ0n) is 22.1. The molecule has 1 atom stereocenters. The van der Waals surface area contributed by atoms with Crippen molar-refractivity contribution < 1.29 is 21.6 Å². The number of nitrogens with zero attached hydrogens (tertiary/aromatic N) is 2. The minimum absolute atomic E-state index is 0.0378. The molecule has 1 aliphatic heterocycles. The Bertz CT molecular complexity index is 1300. The van der Waals surface area contributed by atoms with Gasteiger partial charge >= 0.3 is 6.18 Å². The quantitative estimate of drug-likeness (QED) is 0.339. The van der Waals surface area contributed by atoms with Gasteiger partial charge in [-0.1, -0.05) is 45.4 Å². The fourth-order valence-electron chi connectivity index (χ4n) is 4.89. The molecule has 8 heteroatoms. The van der Waals surface area contributed by atoms with Crippen molar-refractivity contribution in [3.05, 3.63) is 59.2 Å². The van der Waals surface area contributed by atoms with Gasteiger partial charge in [-0.25, -0.2) is 8.42 Å². The van der Waals surface area contributed by atoms with Gasteiger partial charge in [0, 0.05) is 17.5 Å². The molecular weight excluding hydrogens is 497 g/mol. The molecule has 37 heavy (non-hydrogen) atoms. The van der Waals surface area contributed by atoms with Crippen LogP contribution in [0.4, 0.5) is 18.9 Å². The number of fused-ring (bicyclic) bond motifs is 1. The van der Waals surface area contributed by atoms with E-state index in [0.29, 0.717) is 36.1 Å². The van der Waals surface area contributed by atoms with E-state index in [1.807, 2.05) is 32.9 Å². The van der Waals surface area contributed by atoms with Gasteiger partial charge in [0.05, 0.1) is 27.0 Å². The van der Waals surface area contributed by atoms with Crippen molar-refractivity contribution in [3.63, 3.8) is 0 Å². The van der Waals surface area contributed by atoms with Crippen molar-refractivity contribution in [2.45, 2.75) is 89.0 Å². The fraction of sp³-hybridized carbons (Fsp3) is 0.517. The Balaban J connectivity index is 1.95. The molecule has 2 aromatic carbocycles. The standard InChI is InChI=1S/C29H35F3N2O2S/c1-27(2,3)26-22(8-6-7-17-29(30,31)32)12-11-21-13-16-24(18-25(21)34-26)37(35,36)28(4,5)23-14-9-20(19-33)10-15-23/h9-10,13-16,18,22H,6-8,11-12,17H2,1-5H3. The maximum absolute atomic E-state index is 13.8. The molecule has 0 fully saturated rings. The second kappa shape index (κ2) is 10.6. The molecule has 0 spiro atoms. The van der Waals surface area contributed by atoms with Gasteiger partial charge in [0.1, 0.15) is 0 Å². The number of aliphatic imine (C=N–C) groups is 1. The summed E-state index contributed by atoms with van der Waals surface area (Å²) in [5, 5.41) is 9.07. The van der Waals surface area contributed by atoms with E-state index in [-0.39, 0.29) is 22.6 Å². The van der Waals surface area contributed by atoms with Gasteiger partial charge in [0.25, 0.3) is 0 Å². The molecule has 1 unspecified atom stereocenters. The number of hydrogen-bond donors (Lipinski definition) is 0. The molecule has 200 valence electrons. The third-order valence-corrected chi connectivity index (χ3v) is 9.62. The van der Waals surface area contributed by atoms with Crippen molar-refractivity contribution in [1.82, 2.24) is 0 Å². The summed E-state index contributed by atoms with van der Waals surface area (Å²) in [4.78, 5) is 5.13. The topological polar surface area (TPSA) is 70.3 Å². The number of benzene rings is 2. The van der Waals surface area contributed by atoms with Gasteiger partial charge in [-0.05, 0) is 80.8 Å². The number of alkyl halides is 3. The highest BCUT2D eigenvalue weighted by atomic mass is 32.2.